The molecular formula is C13H18N2O4S. The molecule has 1 heterocycles. The van der Waals surface area contributed by atoms with E-state index in [0.717, 1.165) is 37.0 Å². The fourth-order valence-corrected chi connectivity index (χ4v) is 3.75. The molecule has 7 heteroatoms. The van der Waals surface area contributed by atoms with Gasteiger partial charge in [0, 0.05) is 17.0 Å². The molecule has 1 N–H and O–H groups in total. The molecule has 1 fully saturated rings. The fraction of sp³-hybridized carbons (Fsp3) is 0.615. The van der Waals surface area contributed by atoms with Crippen molar-refractivity contribution >= 4 is 22.3 Å². The van der Waals surface area contributed by atoms with E-state index < -0.39 is 16.9 Å². The van der Waals surface area contributed by atoms with E-state index in [1.54, 1.807) is 13.1 Å². The second-order valence-corrected chi connectivity index (χ2v) is 6.22. The zero-order valence-electron chi connectivity index (χ0n) is 11.3. The molecule has 1 unspecified atom stereocenters. The van der Waals surface area contributed by atoms with Crippen molar-refractivity contribution in [1.82, 2.24) is 4.90 Å². The number of nitro groups is 1. The van der Waals surface area contributed by atoms with Crippen LogP contribution in [-0.4, -0.2) is 34.0 Å². The van der Waals surface area contributed by atoms with Gasteiger partial charge in [0.1, 0.15) is 6.04 Å². The lowest BCUT2D eigenvalue weighted by molar-refractivity contribution is -0.380. The molecule has 0 spiro atoms. The van der Waals surface area contributed by atoms with Gasteiger partial charge >= 0.3 is 11.0 Å². The van der Waals surface area contributed by atoms with E-state index in [1.165, 1.54) is 12.5 Å². The Balaban J connectivity index is 2.20. The van der Waals surface area contributed by atoms with Gasteiger partial charge in [-0.1, -0.05) is 30.6 Å². The topological polar surface area (TPSA) is 83.7 Å². The van der Waals surface area contributed by atoms with Gasteiger partial charge < -0.3 is 5.11 Å². The predicted octanol–water partition coefficient (Wildman–Crippen LogP) is 3.05. The maximum Gasteiger partial charge on any atom is 0.326 e. The molecule has 1 saturated carbocycles. The minimum atomic E-state index is -0.949. The van der Waals surface area contributed by atoms with Crippen molar-refractivity contribution in [2.24, 2.45) is 0 Å². The van der Waals surface area contributed by atoms with Gasteiger partial charge in [-0.3, -0.25) is 19.8 Å². The average Bonchev–Trinajstić information content (AvgIpc) is 2.89. The van der Waals surface area contributed by atoms with Gasteiger partial charge in [-0.25, -0.2) is 0 Å². The van der Waals surface area contributed by atoms with Gasteiger partial charge in [-0.2, -0.15) is 0 Å². The third-order valence-corrected chi connectivity index (χ3v) is 4.94. The van der Waals surface area contributed by atoms with Crippen molar-refractivity contribution in [1.29, 1.82) is 0 Å². The molecular weight excluding hydrogens is 280 g/mol. The highest BCUT2D eigenvalue weighted by Gasteiger charge is 2.32. The van der Waals surface area contributed by atoms with Crippen molar-refractivity contribution in [2.45, 2.75) is 44.2 Å². The third kappa shape index (κ3) is 3.16. The first kappa shape index (κ1) is 14.9. The molecule has 2 rings (SSSR count). The maximum absolute atomic E-state index is 11.6. The molecule has 0 saturated heterocycles. The Morgan fingerprint density at radius 3 is 2.60 bits per heavy atom. The van der Waals surface area contributed by atoms with Gasteiger partial charge in [-0.15, -0.1) is 0 Å². The normalized spacial score (nSPS) is 18.1. The van der Waals surface area contributed by atoms with E-state index in [0.29, 0.717) is 4.88 Å². The van der Waals surface area contributed by atoms with Crippen LogP contribution in [0.25, 0.3) is 0 Å². The summed E-state index contributed by atoms with van der Waals surface area (Å²) in [4.78, 5) is 24.2. The van der Waals surface area contributed by atoms with Gasteiger partial charge in [0.15, 0.2) is 0 Å². The van der Waals surface area contributed by atoms with Crippen LogP contribution in [0.5, 0.6) is 0 Å². The molecule has 1 aromatic rings. The van der Waals surface area contributed by atoms with Gasteiger partial charge in [0.2, 0.25) is 0 Å². The van der Waals surface area contributed by atoms with Crippen molar-refractivity contribution in [3.8, 4) is 0 Å². The highest BCUT2D eigenvalue weighted by molar-refractivity contribution is 7.15. The summed E-state index contributed by atoms with van der Waals surface area (Å²) in [5, 5.41) is 20.2. The van der Waals surface area contributed by atoms with Crippen LogP contribution in [-0.2, 0) is 4.79 Å². The maximum atomic E-state index is 11.6. The molecule has 110 valence electrons. The van der Waals surface area contributed by atoms with E-state index in [2.05, 4.69) is 0 Å². The van der Waals surface area contributed by atoms with Crippen molar-refractivity contribution < 1.29 is 14.8 Å². The Morgan fingerprint density at radius 1 is 1.45 bits per heavy atom. The monoisotopic (exact) mass is 298 g/mol. The fourth-order valence-electron chi connectivity index (χ4n) is 2.78. The zero-order chi connectivity index (χ0) is 14.7. The highest BCUT2D eigenvalue weighted by Crippen LogP contribution is 2.35. The predicted molar refractivity (Wildman–Crippen MR) is 76.0 cm³/mol. The smallest absolute Gasteiger partial charge is 0.326 e. The van der Waals surface area contributed by atoms with E-state index in [4.69, 9.17) is 0 Å². The first-order chi connectivity index (χ1) is 9.50. The molecule has 0 aromatic carbocycles. The summed E-state index contributed by atoms with van der Waals surface area (Å²) in [5.74, 6) is -0.949. The lowest BCUT2D eigenvalue weighted by Crippen LogP contribution is -2.39. The Morgan fingerprint density at radius 2 is 2.10 bits per heavy atom. The molecule has 1 aromatic heterocycles. The van der Waals surface area contributed by atoms with Crippen LogP contribution in [0.3, 0.4) is 0 Å². The summed E-state index contributed by atoms with van der Waals surface area (Å²) >= 11 is 0.948. The number of aliphatic carboxylic acids is 1. The molecule has 0 radical (unpaired) electrons. The van der Waals surface area contributed by atoms with Crippen LogP contribution in [0.1, 0.15) is 43.0 Å². The summed E-state index contributed by atoms with van der Waals surface area (Å²) < 4.78 is 0. The Kier molecular flexibility index (Phi) is 4.72. The van der Waals surface area contributed by atoms with Crippen LogP contribution in [0.4, 0.5) is 5.00 Å². The third-order valence-electron chi connectivity index (χ3n) is 3.85. The second-order valence-electron chi connectivity index (χ2n) is 5.13. The summed E-state index contributed by atoms with van der Waals surface area (Å²) in [6, 6.07) is 2.38. The number of hydrogen-bond acceptors (Lipinski definition) is 5. The average molecular weight is 298 g/mol. The van der Waals surface area contributed by atoms with Crippen molar-refractivity contribution in [2.75, 3.05) is 7.05 Å². The summed E-state index contributed by atoms with van der Waals surface area (Å²) in [6.45, 7) is 0. The standard InChI is InChI=1S/C13H18N2O4S/c1-14(9-5-3-2-4-6-9)12(13(16)17)10-7-8-11(20-10)15(18)19/h7-9,12H,2-6H2,1H3,(H,16,17). The first-order valence-corrected chi connectivity index (χ1v) is 7.51. The lowest BCUT2D eigenvalue weighted by atomic mass is 9.93. The zero-order valence-corrected chi connectivity index (χ0v) is 12.1. The van der Waals surface area contributed by atoms with Gasteiger partial charge in [-0.05, 0) is 26.0 Å². The van der Waals surface area contributed by atoms with Gasteiger partial charge in [0.05, 0.1) is 4.92 Å². The number of carboxylic acid groups (broad SMARTS) is 1. The van der Waals surface area contributed by atoms with Crippen molar-refractivity contribution in [3.63, 3.8) is 0 Å². The number of hydrogen-bond donors (Lipinski definition) is 1. The number of nitrogens with zero attached hydrogens (tertiary/aromatic N) is 2. The van der Waals surface area contributed by atoms with Crippen molar-refractivity contribution in [3.05, 3.63) is 27.1 Å². The summed E-state index contributed by atoms with van der Waals surface area (Å²) in [6.07, 6.45) is 5.42. The number of carboxylic acids is 1. The summed E-state index contributed by atoms with van der Waals surface area (Å²) in [5.41, 5.74) is 0. The van der Waals surface area contributed by atoms with Crippen LogP contribution < -0.4 is 0 Å². The van der Waals surface area contributed by atoms with Crippen LogP contribution in [0.15, 0.2) is 12.1 Å². The minimum absolute atomic E-state index is 0.0108. The molecule has 0 amide bonds. The Labute approximate surface area is 121 Å². The van der Waals surface area contributed by atoms with Crippen LogP contribution in [0.2, 0.25) is 0 Å². The number of thiophene rings is 1. The van der Waals surface area contributed by atoms with Crippen LogP contribution in [0, 0.1) is 10.1 Å². The second kappa shape index (κ2) is 6.32. The van der Waals surface area contributed by atoms with E-state index >= 15 is 0 Å². The number of likely N-dealkylation sites (N-methyl/N-ethyl adjacent to an activating group) is 1. The molecule has 1 atom stereocenters. The SMILES string of the molecule is CN(C1CCCCC1)C(C(=O)O)c1ccc([N+](=O)[O-])s1. The molecule has 0 aliphatic heterocycles. The molecule has 0 bridgehead atoms. The van der Waals surface area contributed by atoms with E-state index in [9.17, 15) is 20.0 Å². The molecule has 20 heavy (non-hydrogen) atoms. The quantitative estimate of drug-likeness (QED) is 0.667. The number of carbonyl (C=O) groups is 1. The highest BCUT2D eigenvalue weighted by atomic mass is 32.1. The largest absolute Gasteiger partial charge is 0.480 e. The lowest BCUT2D eigenvalue weighted by Gasteiger charge is -2.34. The summed E-state index contributed by atoms with van der Waals surface area (Å²) in [7, 11) is 1.81. The molecule has 1 aliphatic carbocycles. The van der Waals surface area contributed by atoms with Gasteiger partial charge in [0.25, 0.3) is 0 Å². The molecule has 6 nitrogen and oxygen atoms in total. The van der Waals surface area contributed by atoms with Crippen LogP contribution >= 0.6 is 11.3 Å². The van der Waals surface area contributed by atoms with E-state index in [-0.39, 0.29) is 11.0 Å². The Hall–Kier alpha value is -1.47. The first-order valence-electron chi connectivity index (χ1n) is 6.69. The minimum Gasteiger partial charge on any atom is -0.480 e. The number of rotatable bonds is 5. The Bertz CT molecular complexity index is 496. The van der Waals surface area contributed by atoms with E-state index in [1.807, 2.05) is 4.90 Å². The molecule has 1 aliphatic rings.